The lowest BCUT2D eigenvalue weighted by Crippen LogP contribution is -2.37. The zero-order valence-corrected chi connectivity index (χ0v) is 19.7. The van der Waals surface area contributed by atoms with E-state index in [0.29, 0.717) is 6.04 Å². The zero-order valence-electron chi connectivity index (χ0n) is 18.9. The van der Waals surface area contributed by atoms with Crippen molar-refractivity contribution in [2.75, 3.05) is 51.2 Å². The van der Waals surface area contributed by atoms with Crippen LogP contribution in [-0.4, -0.2) is 67.4 Å². The number of morpholine rings is 1. The number of rotatable bonds is 6. The van der Waals surface area contributed by atoms with Crippen LogP contribution in [0.15, 0.2) is 41.5 Å². The SMILES string of the molecule is CC[C@@H]1CSC2=N[C@H](c3ccccn3)[C@@H](c3cc(OC)c(N4CCOCC4)cc3OC)N21. The number of aromatic nitrogens is 1. The molecule has 2 saturated heterocycles. The van der Waals surface area contributed by atoms with Gasteiger partial charge in [0, 0.05) is 42.7 Å². The van der Waals surface area contributed by atoms with Crippen LogP contribution in [0.5, 0.6) is 11.5 Å². The first kappa shape index (κ1) is 21.4. The van der Waals surface area contributed by atoms with E-state index in [1.165, 1.54) is 0 Å². The number of hydrogen-bond acceptors (Lipinski definition) is 8. The monoisotopic (exact) mass is 454 g/mol. The maximum Gasteiger partial charge on any atom is 0.160 e. The van der Waals surface area contributed by atoms with Crippen molar-refractivity contribution in [1.29, 1.82) is 0 Å². The molecule has 0 N–H and O–H groups in total. The van der Waals surface area contributed by atoms with Crippen molar-refractivity contribution in [3.63, 3.8) is 0 Å². The fourth-order valence-electron chi connectivity index (χ4n) is 4.87. The molecule has 4 heterocycles. The fourth-order valence-corrected chi connectivity index (χ4v) is 6.21. The van der Waals surface area contributed by atoms with E-state index in [4.69, 9.17) is 19.2 Å². The number of hydrogen-bond donors (Lipinski definition) is 0. The van der Waals surface area contributed by atoms with Gasteiger partial charge in [-0.3, -0.25) is 9.98 Å². The summed E-state index contributed by atoms with van der Waals surface area (Å²) in [5.74, 6) is 2.78. The Kier molecular flexibility index (Phi) is 6.15. The van der Waals surface area contributed by atoms with E-state index in [9.17, 15) is 0 Å². The summed E-state index contributed by atoms with van der Waals surface area (Å²) in [4.78, 5) is 14.6. The number of fused-ring (bicyclic) bond motifs is 1. The molecule has 2 aromatic rings. The molecular formula is C24H30N4O3S. The van der Waals surface area contributed by atoms with Gasteiger partial charge in [0.1, 0.15) is 17.5 Å². The summed E-state index contributed by atoms with van der Waals surface area (Å²) in [6, 6.07) is 10.7. The average Bonchev–Trinajstić information content (AvgIpc) is 3.43. The maximum absolute atomic E-state index is 5.97. The minimum atomic E-state index is -0.0825. The van der Waals surface area contributed by atoms with Crippen LogP contribution in [0.2, 0.25) is 0 Å². The molecule has 0 unspecified atom stereocenters. The number of benzene rings is 1. The number of thioether (sulfide) groups is 1. The quantitative estimate of drug-likeness (QED) is 0.656. The van der Waals surface area contributed by atoms with Gasteiger partial charge in [0.2, 0.25) is 0 Å². The fraction of sp³-hybridized carbons (Fsp3) is 0.500. The average molecular weight is 455 g/mol. The van der Waals surface area contributed by atoms with E-state index in [1.54, 1.807) is 14.2 Å². The molecule has 7 nitrogen and oxygen atoms in total. The molecule has 3 aliphatic rings. The van der Waals surface area contributed by atoms with Crippen LogP contribution in [0.3, 0.4) is 0 Å². The highest BCUT2D eigenvalue weighted by Gasteiger charge is 2.46. The minimum absolute atomic E-state index is 0.0161. The molecule has 32 heavy (non-hydrogen) atoms. The molecule has 3 atom stereocenters. The summed E-state index contributed by atoms with van der Waals surface area (Å²) < 4.78 is 17.4. The molecule has 8 heteroatoms. The van der Waals surface area contributed by atoms with Crippen molar-refractivity contribution >= 4 is 22.6 Å². The molecule has 0 spiro atoms. The van der Waals surface area contributed by atoms with Crippen LogP contribution in [0.1, 0.15) is 36.7 Å². The molecule has 0 radical (unpaired) electrons. The molecule has 0 bridgehead atoms. The van der Waals surface area contributed by atoms with Crippen LogP contribution in [-0.2, 0) is 4.74 Å². The molecule has 5 rings (SSSR count). The second kappa shape index (κ2) is 9.19. The smallest absolute Gasteiger partial charge is 0.160 e. The van der Waals surface area contributed by atoms with Crippen molar-refractivity contribution < 1.29 is 14.2 Å². The summed E-state index contributed by atoms with van der Waals surface area (Å²) >= 11 is 1.85. The topological polar surface area (TPSA) is 59.4 Å². The van der Waals surface area contributed by atoms with E-state index >= 15 is 0 Å². The number of pyridine rings is 1. The van der Waals surface area contributed by atoms with Gasteiger partial charge in [-0.25, -0.2) is 0 Å². The second-order valence-electron chi connectivity index (χ2n) is 8.20. The second-order valence-corrected chi connectivity index (χ2v) is 9.19. The third-order valence-corrected chi connectivity index (χ3v) is 7.66. The minimum Gasteiger partial charge on any atom is -0.496 e. The molecule has 3 aliphatic heterocycles. The van der Waals surface area contributed by atoms with Crippen LogP contribution >= 0.6 is 11.8 Å². The largest absolute Gasteiger partial charge is 0.496 e. The van der Waals surface area contributed by atoms with Crippen LogP contribution in [0, 0.1) is 0 Å². The van der Waals surface area contributed by atoms with E-state index < -0.39 is 0 Å². The van der Waals surface area contributed by atoms with E-state index in [-0.39, 0.29) is 12.1 Å². The van der Waals surface area contributed by atoms with E-state index in [0.717, 1.165) is 72.1 Å². The van der Waals surface area contributed by atoms with E-state index in [1.807, 2.05) is 30.1 Å². The third kappa shape index (κ3) is 3.69. The number of amidine groups is 1. The summed E-state index contributed by atoms with van der Waals surface area (Å²) in [5.41, 5.74) is 3.12. The number of anilines is 1. The number of nitrogens with zero attached hydrogens (tertiary/aromatic N) is 4. The van der Waals surface area contributed by atoms with Crippen molar-refractivity contribution in [3.8, 4) is 11.5 Å². The lowest BCUT2D eigenvalue weighted by molar-refractivity contribution is 0.122. The Labute approximate surface area is 193 Å². The van der Waals surface area contributed by atoms with Crippen LogP contribution in [0.25, 0.3) is 0 Å². The van der Waals surface area contributed by atoms with Crippen LogP contribution < -0.4 is 14.4 Å². The van der Waals surface area contributed by atoms with Gasteiger partial charge >= 0.3 is 0 Å². The Hall–Kier alpha value is -2.45. The molecule has 0 aliphatic carbocycles. The summed E-state index contributed by atoms with van der Waals surface area (Å²) in [6.45, 7) is 5.37. The number of aliphatic imine (C=N–C) groups is 1. The maximum atomic E-state index is 5.97. The highest BCUT2D eigenvalue weighted by molar-refractivity contribution is 8.14. The Morgan fingerprint density at radius 1 is 1.12 bits per heavy atom. The number of ether oxygens (including phenoxy) is 3. The first-order chi connectivity index (χ1) is 15.7. The molecular weight excluding hydrogens is 424 g/mol. The molecule has 0 saturated carbocycles. The summed E-state index contributed by atoms with van der Waals surface area (Å²) in [6.07, 6.45) is 2.92. The summed E-state index contributed by atoms with van der Waals surface area (Å²) in [5, 5.41) is 1.11. The predicted molar refractivity (Wildman–Crippen MR) is 128 cm³/mol. The highest BCUT2D eigenvalue weighted by Crippen LogP contribution is 2.52. The Balaban J connectivity index is 1.61. The first-order valence-corrected chi connectivity index (χ1v) is 12.2. The molecule has 0 amide bonds. The van der Waals surface area contributed by atoms with Gasteiger partial charge in [0.15, 0.2) is 5.17 Å². The third-order valence-electron chi connectivity index (χ3n) is 6.53. The normalized spacial score (nSPS) is 25.0. The Bertz CT molecular complexity index is 981. The van der Waals surface area contributed by atoms with Gasteiger partial charge in [-0.1, -0.05) is 24.8 Å². The molecule has 2 fully saturated rings. The highest BCUT2D eigenvalue weighted by atomic mass is 32.2. The molecule has 1 aromatic heterocycles. The predicted octanol–water partition coefficient (Wildman–Crippen LogP) is 3.91. The molecule has 170 valence electrons. The van der Waals surface area contributed by atoms with Gasteiger partial charge in [-0.05, 0) is 24.6 Å². The van der Waals surface area contributed by atoms with Crippen molar-refractivity contribution in [2.24, 2.45) is 4.99 Å². The van der Waals surface area contributed by atoms with Crippen molar-refractivity contribution in [1.82, 2.24) is 9.88 Å². The van der Waals surface area contributed by atoms with Crippen molar-refractivity contribution in [2.45, 2.75) is 31.5 Å². The van der Waals surface area contributed by atoms with Gasteiger partial charge in [0.05, 0.1) is 44.9 Å². The van der Waals surface area contributed by atoms with E-state index in [2.05, 4.69) is 39.9 Å². The Morgan fingerprint density at radius 2 is 1.94 bits per heavy atom. The van der Waals surface area contributed by atoms with Gasteiger partial charge < -0.3 is 24.0 Å². The van der Waals surface area contributed by atoms with Gasteiger partial charge in [-0.15, -0.1) is 0 Å². The van der Waals surface area contributed by atoms with Crippen molar-refractivity contribution in [3.05, 3.63) is 47.8 Å². The lowest BCUT2D eigenvalue weighted by atomic mass is 9.93. The first-order valence-electron chi connectivity index (χ1n) is 11.2. The van der Waals surface area contributed by atoms with Crippen LogP contribution in [0.4, 0.5) is 5.69 Å². The Morgan fingerprint density at radius 3 is 2.62 bits per heavy atom. The van der Waals surface area contributed by atoms with Gasteiger partial charge in [-0.2, -0.15) is 0 Å². The lowest BCUT2D eigenvalue weighted by Gasteiger charge is -2.34. The van der Waals surface area contributed by atoms with Gasteiger partial charge in [0.25, 0.3) is 0 Å². The number of methoxy groups -OCH3 is 2. The molecule has 1 aromatic carbocycles. The zero-order chi connectivity index (χ0) is 22.1. The standard InChI is InChI=1S/C24H30N4O3S/c1-4-16-15-32-24-26-22(18-7-5-6-8-25-18)23(28(16)24)17-13-21(30-3)19(14-20(17)29-2)27-9-11-31-12-10-27/h5-8,13-14,16,22-23H,4,9-12,15H2,1-3H3/t16-,22-,23-/m1/s1. The summed E-state index contributed by atoms with van der Waals surface area (Å²) in [7, 11) is 3.49.